The summed E-state index contributed by atoms with van der Waals surface area (Å²) in [5, 5.41) is 3.18. The van der Waals surface area contributed by atoms with Gasteiger partial charge in [0.25, 0.3) is 0 Å². The number of carbonyl (C=O) groups is 1. The summed E-state index contributed by atoms with van der Waals surface area (Å²) in [4.78, 5) is 19.3. The van der Waals surface area contributed by atoms with Crippen molar-refractivity contribution in [3.8, 4) is 0 Å². The zero-order chi connectivity index (χ0) is 18.0. The Bertz CT molecular complexity index is 349. The molecule has 0 aromatic carbocycles. The number of alkyl carbamates (subject to hydrolysis) is 1. The minimum absolute atomic E-state index is 0.132. The molecule has 0 aromatic heterocycles. The van der Waals surface area contributed by atoms with E-state index in [1.807, 2.05) is 20.8 Å². The largest absolute Gasteiger partial charge is 0.450 e. The predicted molar refractivity (Wildman–Crippen MR) is 99.5 cm³/mol. The molecule has 1 amide bonds. The van der Waals surface area contributed by atoms with Gasteiger partial charge in [-0.25, -0.2) is 4.79 Å². The third-order valence-electron chi connectivity index (χ3n) is 5.03. The van der Waals surface area contributed by atoms with Gasteiger partial charge in [0.2, 0.25) is 0 Å². The van der Waals surface area contributed by atoms with Gasteiger partial charge in [-0.15, -0.1) is 0 Å². The van der Waals surface area contributed by atoms with E-state index in [-0.39, 0.29) is 11.6 Å². The maximum atomic E-state index is 12.0. The Morgan fingerprint density at radius 3 is 2.04 bits per heavy atom. The summed E-state index contributed by atoms with van der Waals surface area (Å²) in [5.41, 5.74) is -0.132. The summed E-state index contributed by atoms with van der Waals surface area (Å²) in [6.45, 7) is 17.1. The Hall–Kier alpha value is -0.850. The number of carbonyl (C=O) groups excluding carboxylic acids is 1. The Kier molecular flexibility index (Phi) is 9.63. The molecule has 2 fully saturated rings. The lowest BCUT2D eigenvalue weighted by atomic mass is 9.87. The zero-order valence-corrected chi connectivity index (χ0v) is 16.4. The molecule has 1 N–H and O–H groups in total. The van der Waals surface area contributed by atoms with Crippen molar-refractivity contribution in [1.82, 2.24) is 20.0 Å². The van der Waals surface area contributed by atoms with Gasteiger partial charge < -0.3 is 19.9 Å². The molecule has 6 nitrogen and oxygen atoms in total. The highest BCUT2D eigenvalue weighted by Gasteiger charge is 2.37. The number of likely N-dealkylation sites (N-methyl/N-ethyl adjacent to an activating group) is 1. The lowest BCUT2D eigenvalue weighted by molar-refractivity contribution is 0.0646. The molecule has 2 heterocycles. The lowest BCUT2D eigenvalue weighted by Crippen LogP contribution is -2.62. The van der Waals surface area contributed by atoms with E-state index in [0.717, 1.165) is 65.2 Å². The highest BCUT2D eigenvalue weighted by Crippen LogP contribution is 2.24. The fourth-order valence-corrected chi connectivity index (χ4v) is 3.44. The number of nitrogens with zero attached hydrogens (tertiary/aromatic N) is 3. The predicted octanol–water partition coefficient (Wildman–Crippen LogP) is 1.86. The average Bonchev–Trinajstić information content (AvgIpc) is 2.60. The third kappa shape index (κ3) is 6.57. The first-order valence-electron chi connectivity index (χ1n) is 9.65. The number of rotatable bonds is 5. The van der Waals surface area contributed by atoms with Crippen LogP contribution in [0, 0.1) is 0 Å². The van der Waals surface area contributed by atoms with Crippen LogP contribution in [0.15, 0.2) is 0 Å². The molecule has 0 atom stereocenters. The van der Waals surface area contributed by atoms with Gasteiger partial charge in [-0.1, -0.05) is 20.8 Å². The molecule has 6 heteroatoms. The molecular formula is C18H38N4O2. The van der Waals surface area contributed by atoms with Gasteiger partial charge in [-0.05, 0) is 33.4 Å². The van der Waals surface area contributed by atoms with Crippen molar-refractivity contribution in [2.45, 2.75) is 46.1 Å². The van der Waals surface area contributed by atoms with Gasteiger partial charge in [0.1, 0.15) is 0 Å². The molecular weight excluding hydrogens is 304 g/mol. The van der Waals surface area contributed by atoms with Crippen LogP contribution in [0.1, 0.15) is 40.5 Å². The standard InChI is InChI=1S/C16H32N4O2.C2H6/c1-4-19-10-12-20(13-11-19)14-16(17-15(21)22-5-2)6-8-18(3)9-7-16;1-2/h4-14H2,1-3H3,(H,17,21);1-2H3. The first kappa shape index (κ1) is 21.2. The van der Waals surface area contributed by atoms with Crippen LogP contribution in [0.2, 0.25) is 0 Å². The molecule has 0 saturated carbocycles. The number of piperazine rings is 1. The topological polar surface area (TPSA) is 48.1 Å². The van der Waals surface area contributed by atoms with E-state index in [1.165, 1.54) is 0 Å². The number of ether oxygens (including phenoxy) is 1. The zero-order valence-electron chi connectivity index (χ0n) is 16.4. The van der Waals surface area contributed by atoms with E-state index in [1.54, 1.807) is 0 Å². The van der Waals surface area contributed by atoms with Crippen LogP contribution < -0.4 is 5.32 Å². The lowest BCUT2D eigenvalue weighted by Gasteiger charge is -2.45. The molecule has 24 heavy (non-hydrogen) atoms. The third-order valence-corrected chi connectivity index (χ3v) is 5.03. The number of hydrogen-bond acceptors (Lipinski definition) is 5. The molecule has 142 valence electrons. The molecule has 0 spiro atoms. The highest BCUT2D eigenvalue weighted by molar-refractivity contribution is 5.68. The molecule has 2 aliphatic heterocycles. The van der Waals surface area contributed by atoms with Crippen LogP contribution in [0.25, 0.3) is 0 Å². The Labute approximate surface area is 148 Å². The Balaban J connectivity index is 0.00000139. The van der Waals surface area contributed by atoms with Crippen molar-refractivity contribution in [3.05, 3.63) is 0 Å². The monoisotopic (exact) mass is 342 g/mol. The number of piperidine rings is 1. The van der Waals surface area contributed by atoms with Gasteiger partial charge in [0, 0.05) is 45.8 Å². The summed E-state index contributed by atoms with van der Waals surface area (Å²) in [5.74, 6) is 0. The summed E-state index contributed by atoms with van der Waals surface area (Å²) in [7, 11) is 2.15. The number of amides is 1. The smallest absolute Gasteiger partial charge is 0.407 e. The van der Waals surface area contributed by atoms with Crippen LogP contribution in [-0.2, 0) is 4.74 Å². The van der Waals surface area contributed by atoms with Gasteiger partial charge >= 0.3 is 6.09 Å². The first-order chi connectivity index (χ1) is 11.6. The van der Waals surface area contributed by atoms with Crippen LogP contribution in [0.5, 0.6) is 0 Å². The molecule has 0 unspecified atom stereocenters. The van der Waals surface area contributed by atoms with Gasteiger partial charge in [0.05, 0.1) is 12.1 Å². The van der Waals surface area contributed by atoms with Crippen LogP contribution in [0.4, 0.5) is 4.79 Å². The molecule has 2 saturated heterocycles. The van der Waals surface area contributed by atoms with Crippen LogP contribution >= 0.6 is 0 Å². The van der Waals surface area contributed by atoms with E-state index < -0.39 is 0 Å². The first-order valence-corrected chi connectivity index (χ1v) is 9.65. The summed E-state index contributed by atoms with van der Waals surface area (Å²) >= 11 is 0. The van der Waals surface area contributed by atoms with Crippen molar-refractivity contribution in [2.75, 3.05) is 66.0 Å². The fraction of sp³-hybridized carbons (Fsp3) is 0.944. The van der Waals surface area contributed by atoms with E-state index in [0.29, 0.717) is 6.61 Å². The van der Waals surface area contributed by atoms with Crippen molar-refractivity contribution in [2.24, 2.45) is 0 Å². The van der Waals surface area contributed by atoms with Crippen molar-refractivity contribution in [3.63, 3.8) is 0 Å². The highest BCUT2D eigenvalue weighted by atomic mass is 16.5. The second-order valence-electron chi connectivity index (χ2n) is 6.64. The normalized spacial score (nSPS) is 22.4. The number of likely N-dealkylation sites (tertiary alicyclic amines) is 1. The molecule has 2 aliphatic rings. The molecule has 0 bridgehead atoms. The number of nitrogens with one attached hydrogen (secondary N) is 1. The Morgan fingerprint density at radius 1 is 1.00 bits per heavy atom. The van der Waals surface area contributed by atoms with Gasteiger partial charge in [0.15, 0.2) is 0 Å². The average molecular weight is 343 g/mol. The summed E-state index contributed by atoms with van der Waals surface area (Å²) < 4.78 is 5.13. The van der Waals surface area contributed by atoms with E-state index >= 15 is 0 Å². The van der Waals surface area contributed by atoms with Crippen molar-refractivity contribution in [1.29, 1.82) is 0 Å². The van der Waals surface area contributed by atoms with Crippen molar-refractivity contribution >= 4 is 6.09 Å². The maximum absolute atomic E-state index is 12.0. The van der Waals surface area contributed by atoms with Gasteiger partial charge in [-0.3, -0.25) is 4.90 Å². The quantitative estimate of drug-likeness (QED) is 0.826. The second kappa shape index (κ2) is 10.9. The summed E-state index contributed by atoms with van der Waals surface area (Å²) in [6, 6.07) is 0. The minimum Gasteiger partial charge on any atom is -0.450 e. The molecule has 0 aliphatic carbocycles. The van der Waals surface area contributed by atoms with E-state index in [9.17, 15) is 4.79 Å². The molecule has 2 rings (SSSR count). The fourth-order valence-electron chi connectivity index (χ4n) is 3.44. The SMILES string of the molecule is CC.CCOC(=O)NC1(CN2CCN(CC)CC2)CCN(C)CC1. The Morgan fingerprint density at radius 2 is 1.54 bits per heavy atom. The minimum atomic E-state index is -0.265. The number of hydrogen-bond donors (Lipinski definition) is 1. The van der Waals surface area contributed by atoms with Crippen LogP contribution in [0.3, 0.4) is 0 Å². The van der Waals surface area contributed by atoms with Gasteiger partial charge in [-0.2, -0.15) is 0 Å². The molecule has 0 aromatic rings. The molecule has 0 radical (unpaired) electrons. The van der Waals surface area contributed by atoms with E-state index in [4.69, 9.17) is 4.74 Å². The second-order valence-corrected chi connectivity index (χ2v) is 6.64. The van der Waals surface area contributed by atoms with Crippen LogP contribution in [-0.4, -0.2) is 92.3 Å². The summed E-state index contributed by atoms with van der Waals surface area (Å²) in [6.07, 6.45) is 1.73. The van der Waals surface area contributed by atoms with E-state index in [2.05, 4.69) is 34.0 Å². The van der Waals surface area contributed by atoms with Crippen molar-refractivity contribution < 1.29 is 9.53 Å². The maximum Gasteiger partial charge on any atom is 0.407 e.